The zero-order valence-electron chi connectivity index (χ0n) is 14.5. The molecule has 3 aromatic rings. The molecule has 1 amide bonds. The number of terminal acetylenes is 1. The maximum Gasteiger partial charge on any atom is 0.248 e. The highest BCUT2D eigenvalue weighted by Crippen LogP contribution is 2.16. The van der Waals surface area contributed by atoms with E-state index >= 15 is 0 Å². The summed E-state index contributed by atoms with van der Waals surface area (Å²) in [7, 11) is -3.39. The number of benzene rings is 2. The summed E-state index contributed by atoms with van der Waals surface area (Å²) in [4.78, 5) is 17.2. The molecule has 0 aliphatic carbocycles. The monoisotopic (exact) mass is 398 g/mol. The molecule has 27 heavy (non-hydrogen) atoms. The summed E-state index contributed by atoms with van der Waals surface area (Å²) in [6, 6.07) is 15.9. The van der Waals surface area contributed by atoms with Gasteiger partial charge in [-0.3, -0.25) is 4.79 Å². The van der Waals surface area contributed by atoms with Gasteiger partial charge in [-0.1, -0.05) is 47.6 Å². The van der Waals surface area contributed by atoms with Gasteiger partial charge in [0.2, 0.25) is 5.91 Å². The van der Waals surface area contributed by atoms with Gasteiger partial charge in [-0.25, -0.2) is 8.42 Å². The number of amides is 1. The zero-order chi connectivity index (χ0) is 19.3. The lowest BCUT2D eigenvalue weighted by Gasteiger charge is -2.03. The van der Waals surface area contributed by atoms with E-state index in [0.717, 1.165) is 10.2 Å². The number of hydrogen-bond acceptors (Lipinski definition) is 4. The Bertz CT molecular complexity index is 1170. The molecular formula is C20H18N2O3S2. The van der Waals surface area contributed by atoms with Gasteiger partial charge in [0, 0.05) is 6.42 Å². The van der Waals surface area contributed by atoms with Gasteiger partial charge in [-0.2, -0.15) is 4.99 Å². The van der Waals surface area contributed by atoms with E-state index in [9.17, 15) is 13.2 Å². The van der Waals surface area contributed by atoms with Crippen molar-refractivity contribution in [3.05, 3.63) is 59.4 Å². The first kappa shape index (κ1) is 19.1. The van der Waals surface area contributed by atoms with Crippen molar-refractivity contribution in [1.82, 2.24) is 4.57 Å². The van der Waals surface area contributed by atoms with Crippen molar-refractivity contribution < 1.29 is 13.2 Å². The van der Waals surface area contributed by atoms with Gasteiger partial charge in [-0.05, 0) is 30.7 Å². The average Bonchev–Trinajstić information content (AvgIpc) is 3.00. The first-order chi connectivity index (χ1) is 13.0. The molecule has 0 saturated heterocycles. The largest absolute Gasteiger partial charge is 0.305 e. The Hall–Kier alpha value is -2.69. The highest BCUT2D eigenvalue weighted by Gasteiger charge is 2.14. The Morgan fingerprint density at radius 3 is 2.56 bits per heavy atom. The minimum absolute atomic E-state index is 0.0658. The molecule has 2 aromatic carbocycles. The molecular weight excluding hydrogens is 380 g/mol. The Morgan fingerprint density at radius 1 is 1.11 bits per heavy atom. The molecule has 1 aromatic heterocycles. The molecule has 0 N–H and O–H groups in total. The summed E-state index contributed by atoms with van der Waals surface area (Å²) in [6.45, 7) is 0.318. The number of fused-ring (bicyclic) bond motifs is 1. The number of sulfone groups is 1. The number of thiazole rings is 1. The quantitative estimate of drug-likeness (QED) is 0.600. The molecule has 0 radical (unpaired) electrons. The van der Waals surface area contributed by atoms with Crippen LogP contribution in [0.1, 0.15) is 12.8 Å². The first-order valence-electron chi connectivity index (χ1n) is 8.38. The maximum atomic E-state index is 12.3. The minimum atomic E-state index is -3.39. The van der Waals surface area contributed by atoms with Crippen molar-refractivity contribution in [1.29, 1.82) is 0 Å². The molecule has 3 rings (SSSR count). The summed E-state index contributed by atoms with van der Waals surface area (Å²) >= 11 is 1.39. The van der Waals surface area contributed by atoms with E-state index in [4.69, 9.17) is 6.42 Å². The van der Waals surface area contributed by atoms with Crippen molar-refractivity contribution in [3.8, 4) is 12.3 Å². The molecule has 7 heteroatoms. The van der Waals surface area contributed by atoms with Gasteiger partial charge in [0.1, 0.15) is 0 Å². The summed E-state index contributed by atoms with van der Waals surface area (Å²) in [5.74, 6) is 2.14. The summed E-state index contributed by atoms with van der Waals surface area (Å²) in [5, 5.41) is 0. The summed E-state index contributed by atoms with van der Waals surface area (Å²) < 4.78 is 27.3. The third-order valence-electron chi connectivity index (χ3n) is 3.96. The van der Waals surface area contributed by atoms with Crippen LogP contribution < -0.4 is 4.80 Å². The van der Waals surface area contributed by atoms with Crippen molar-refractivity contribution in [3.63, 3.8) is 0 Å². The van der Waals surface area contributed by atoms with Crippen LogP contribution in [0.3, 0.4) is 0 Å². The van der Waals surface area contributed by atoms with E-state index in [1.54, 1.807) is 30.3 Å². The van der Waals surface area contributed by atoms with Crippen molar-refractivity contribution in [2.24, 2.45) is 4.99 Å². The van der Waals surface area contributed by atoms with E-state index in [1.165, 1.54) is 11.3 Å². The van der Waals surface area contributed by atoms with Crippen LogP contribution in [0.4, 0.5) is 0 Å². The summed E-state index contributed by atoms with van der Waals surface area (Å²) in [5.41, 5.74) is 0.929. The van der Waals surface area contributed by atoms with Gasteiger partial charge in [0.25, 0.3) is 0 Å². The fourth-order valence-corrected chi connectivity index (χ4v) is 5.05. The summed E-state index contributed by atoms with van der Waals surface area (Å²) in [6.07, 6.45) is 5.72. The van der Waals surface area contributed by atoms with Gasteiger partial charge in [-0.15, -0.1) is 6.42 Å². The fourth-order valence-electron chi connectivity index (χ4n) is 2.67. The molecule has 0 atom stereocenters. The average molecular weight is 399 g/mol. The van der Waals surface area contributed by atoms with Gasteiger partial charge in [0.05, 0.1) is 27.4 Å². The van der Waals surface area contributed by atoms with Crippen molar-refractivity contribution >= 4 is 37.3 Å². The first-order valence-corrected chi connectivity index (χ1v) is 10.9. The SMILES string of the molecule is C#CCn1c(=NC(=O)CCCS(=O)(=O)c2ccccc2)sc2ccccc21. The topological polar surface area (TPSA) is 68.5 Å². The zero-order valence-corrected chi connectivity index (χ0v) is 16.2. The lowest BCUT2D eigenvalue weighted by molar-refractivity contribution is -0.118. The van der Waals surface area contributed by atoms with Gasteiger partial charge >= 0.3 is 0 Å². The smallest absolute Gasteiger partial charge is 0.248 e. The lowest BCUT2D eigenvalue weighted by Crippen LogP contribution is -2.16. The second-order valence-electron chi connectivity index (χ2n) is 5.88. The molecule has 0 fully saturated rings. The number of nitrogens with zero attached hydrogens (tertiary/aromatic N) is 2. The van der Waals surface area contributed by atoms with E-state index in [2.05, 4.69) is 10.9 Å². The van der Waals surface area contributed by atoms with Crippen LogP contribution in [0.5, 0.6) is 0 Å². The lowest BCUT2D eigenvalue weighted by atomic mass is 10.3. The van der Waals surface area contributed by atoms with E-state index in [1.807, 2.05) is 28.8 Å². The Kier molecular flexibility index (Phi) is 5.89. The van der Waals surface area contributed by atoms with Crippen LogP contribution in [0, 0.1) is 12.3 Å². The Morgan fingerprint density at radius 2 is 1.81 bits per heavy atom. The van der Waals surface area contributed by atoms with Crippen LogP contribution in [-0.2, 0) is 21.2 Å². The third-order valence-corrected chi connectivity index (χ3v) is 6.84. The molecule has 138 valence electrons. The van der Waals surface area contributed by atoms with E-state index in [-0.39, 0.29) is 29.4 Å². The number of rotatable bonds is 6. The predicted molar refractivity (Wildman–Crippen MR) is 107 cm³/mol. The molecule has 1 heterocycles. The highest BCUT2D eigenvalue weighted by atomic mass is 32.2. The number of carbonyl (C=O) groups is 1. The number of aromatic nitrogens is 1. The molecule has 0 aliphatic heterocycles. The van der Waals surface area contributed by atoms with Gasteiger partial charge in [0.15, 0.2) is 14.6 Å². The van der Waals surface area contributed by atoms with Crippen LogP contribution in [-0.4, -0.2) is 24.6 Å². The third kappa shape index (κ3) is 4.54. The second kappa shape index (κ2) is 8.33. The molecule has 0 unspecified atom stereocenters. The van der Waals surface area contributed by atoms with E-state index < -0.39 is 9.84 Å². The molecule has 0 aliphatic rings. The Labute approximate surface area is 161 Å². The van der Waals surface area contributed by atoms with Crippen molar-refractivity contribution in [2.75, 3.05) is 5.75 Å². The molecule has 0 bridgehead atoms. The highest BCUT2D eigenvalue weighted by molar-refractivity contribution is 7.91. The number of para-hydroxylation sites is 1. The fraction of sp³-hybridized carbons (Fsp3) is 0.200. The van der Waals surface area contributed by atoms with Crippen LogP contribution in [0.15, 0.2) is 64.5 Å². The van der Waals surface area contributed by atoms with E-state index in [0.29, 0.717) is 11.3 Å². The Balaban J connectivity index is 1.73. The van der Waals surface area contributed by atoms with Crippen LogP contribution in [0.2, 0.25) is 0 Å². The van der Waals surface area contributed by atoms with Crippen LogP contribution >= 0.6 is 11.3 Å². The minimum Gasteiger partial charge on any atom is -0.305 e. The normalized spacial score (nSPS) is 12.2. The molecule has 5 nitrogen and oxygen atoms in total. The standard InChI is InChI=1S/C20H18N2O3S2/c1-2-14-22-17-11-6-7-12-18(17)26-20(22)21-19(23)13-8-15-27(24,25)16-9-4-3-5-10-16/h1,3-7,9-12H,8,13-15H2. The number of carbonyl (C=O) groups excluding carboxylic acids is 1. The van der Waals surface area contributed by atoms with Crippen LogP contribution in [0.25, 0.3) is 10.2 Å². The number of hydrogen-bond donors (Lipinski definition) is 0. The van der Waals surface area contributed by atoms with Crippen molar-refractivity contribution in [2.45, 2.75) is 24.3 Å². The maximum absolute atomic E-state index is 12.3. The molecule has 0 saturated carbocycles. The second-order valence-corrected chi connectivity index (χ2v) is 9.00. The molecule has 0 spiro atoms. The van der Waals surface area contributed by atoms with Gasteiger partial charge < -0.3 is 4.57 Å². The predicted octanol–water partition coefficient (Wildman–Crippen LogP) is 3.02.